The average molecular weight is 410 g/mol. The third-order valence-electron chi connectivity index (χ3n) is 4.57. The van der Waals surface area contributed by atoms with Crippen LogP contribution in [0, 0.1) is 6.92 Å². The van der Waals surface area contributed by atoms with E-state index in [1.807, 2.05) is 0 Å². The van der Waals surface area contributed by atoms with Gasteiger partial charge in [-0.1, -0.05) is 56.0 Å². The number of unbranched alkanes of at least 4 members (excludes halogenated alkanes) is 3. The Balaban J connectivity index is 1.50. The molecule has 0 aliphatic heterocycles. The topological polar surface area (TPSA) is 64.1 Å². The van der Waals surface area contributed by atoms with Crippen molar-refractivity contribution in [1.29, 1.82) is 0 Å². The van der Waals surface area contributed by atoms with Crippen LogP contribution in [-0.2, 0) is 6.42 Å². The molecule has 2 aromatic carbocycles. The molecular formula is C23H27N3O2S. The van der Waals surface area contributed by atoms with Crippen LogP contribution in [0.5, 0.6) is 10.9 Å². The highest BCUT2D eigenvalue weighted by atomic mass is 32.1. The summed E-state index contributed by atoms with van der Waals surface area (Å²) in [5.74, 6) is 1.33. The van der Waals surface area contributed by atoms with Crippen LogP contribution >= 0.6 is 11.5 Å². The molecular weight excluding hydrogens is 382 g/mol. The number of aromatic nitrogens is 2. The van der Waals surface area contributed by atoms with Crippen LogP contribution in [0.2, 0.25) is 0 Å². The van der Waals surface area contributed by atoms with Gasteiger partial charge in [0.05, 0.1) is 0 Å². The second-order valence-corrected chi connectivity index (χ2v) is 7.80. The fourth-order valence-corrected chi connectivity index (χ4v) is 3.44. The van der Waals surface area contributed by atoms with Crippen molar-refractivity contribution in [1.82, 2.24) is 14.7 Å². The second-order valence-electron chi connectivity index (χ2n) is 7.08. The lowest BCUT2D eigenvalue weighted by Gasteiger charge is -2.06. The zero-order chi connectivity index (χ0) is 20.5. The van der Waals surface area contributed by atoms with Crippen LogP contribution < -0.4 is 10.1 Å². The van der Waals surface area contributed by atoms with Crippen LogP contribution in [0.15, 0.2) is 48.5 Å². The molecule has 5 nitrogen and oxygen atoms in total. The lowest BCUT2D eigenvalue weighted by atomic mass is 10.1. The van der Waals surface area contributed by atoms with E-state index in [9.17, 15) is 4.79 Å². The summed E-state index contributed by atoms with van der Waals surface area (Å²) in [4.78, 5) is 16.6. The van der Waals surface area contributed by atoms with E-state index < -0.39 is 0 Å². The summed E-state index contributed by atoms with van der Waals surface area (Å²) >= 11 is 1.23. The fourth-order valence-electron chi connectivity index (χ4n) is 2.87. The van der Waals surface area contributed by atoms with E-state index in [1.54, 1.807) is 24.3 Å². The van der Waals surface area contributed by atoms with E-state index in [0.29, 0.717) is 29.5 Å². The molecule has 3 aromatic rings. The third-order valence-corrected chi connectivity index (χ3v) is 5.20. The van der Waals surface area contributed by atoms with Crippen LogP contribution in [0.3, 0.4) is 0 Å². The lowest BCUT2D eigenvalue weighted by molar-refractivity contribution is 0.0953. The average Bonchev–Trinajstić information content (AvgIpc) is 3.16. The largest absolute Gasteiger partial charge is 0.430 e. The Morgan fingerprint density at radius 1 is 1.03 bits per heavy atom. The van der Waals surface area contributed by atoms with Gasteiger partial charge in [-0.25, -0.2) is 0 Å². The minimum absolute atomic E-state index is 0.0515. The van der Waals surface area contributed by atoms with Gasteiger partial charge in [-0.2, -0.15) is 9.36 Å². The third kappa shape index (κ3) is 6.68. The first-order valence-corrected chi connectivity index (χ1v) is 10.9. The summed E-state index contributed by atoms with van der Waals surface area (Å²) in [6.45, 7) is 4.96. The Morgan fingerprint density at radius 3 is 2.52 bits per heavy atom. The fraction of sp³-hybridized carbons (Fsp3) is 0.348. The molecule has 1 heterocycles. The van der Waals surface area contributed by atoms with E-state index >= 15 is 0 Å². The van der Waals surface area contributed by atoms with Crippen molar-refractivity contribution in [3.8, 4) is 10.9 Å². The number of ether oxygens (including phenoxy) is 1. The summed E-state index contributed by atoms with van der Waals surface area (Å²) in [7, 11) is 0. The Kier molecular flexibility index (Phi) is 7.76. The standard InChI is InChI=1S/C23H27N3O2S/c1-3-4-5-6-15-24-22(27)19-11-13-20(14-12-19)28-23-25-21(26-29-23)16-18-9-7-17(2)8-10-18/h7-14H,3-6,15-16H2,1-2H3,(H,24,27). The van der Waals surface area contributed by atoms with E-state index in [0.717, 1.165) is 18.7 Å². The molecule has 0 aliphatic rings. The molecule has 0 bridgehead atoms. The maximum Gasteiger partial charge on any atom is 0.298 e. The summed E-state index contributed by atoms with van der Waals surface area (Å²) in [5, 5.41) is 3.46. The zero-order valence-corrected chi connectivity index (χ0v) is 17.8. The van der Waals surface area contributed by atoms with Gasteiger partial charge >= 0.3 is 0 Å². The number of hydrogen-bond acceptors (Lipinski definition) is 5. The van der Waals surface area contributed by atoms with Crippen molar-refractivity contribution < 1.29 is 9.53 Å². The van der Waals surface area contributed by atoms with Crippen molar-refractivity contribution in [2.45, 2.75) is 46.0 Å². The Morgan fingerprint density at radius 2 is 1.79 bits per heavy atom. The minimum Gasteiger partial charge on any atom is -0.430 e. The molecule has 6 heteroatoms. The molecule has 1 amide bonds. The highest BCUT2D eigenvalue weighted by Gasteiger charge is 2.09. The molecule has 1 N–H and O–H groups in total. The number of nitrogens with zero attached hydrogens (tertiary/aromatic N) is 2. The van der Waals surface area contributed by atoms with Gasteiger partial charge in [0.2, 0.25) is 0 Å². The summed E-state index contributed by atoms with van der Waals surface area (Å²) < 4.78 is 10.2. The maximum absolute atomic E-state index is 12.2. The van der Waals surface area contributed by atoms with E-state index in [-0.39, 0.29) is 5.91 Å². The maximum atomic E-state index is 12.2. The van der Waals surface area contributed by atoms with Crippen molar-refractivity contribution in [2.75, 3.05) is 6.54 Å². The van der Waals surface area contributed by atoms with Gasteiger partial charge in [0, 0.05) is 30.1 Å². The SMILES string of the molecule is CCCCCCNC(=O)c1ccc(Oc2nc(Cc3ccc(C)cc3)ns2)cc1. The molecule has 0 radical (unpaired) electrons. The van der Waals surface area contributed by atoms with E-state index in [1.165, 1.54) is 35.5 Å². The normalized spacial score (nSPS) is 10.7. The van der Waals surface area contributed by atoms with Crippen molar-refractivity contribution in [3.05, 3.63) is 71.0 Å². The Hall–Kier alpha value is -2.73. The smallest absolute Gasteiger partial charge is 0.298 e. The first kappa shape index (κ1) is 21.0. The highest BCUT2D eigenvalue weighted by molar-refractivity contribution is 7.07. The molecule has 0 fully saturated rings. The van der Waals surface area contributed by atoms with Gasteiger partial charge in [-0.3, -0.25) is 4.79 Å². The van der Waals surface area contributed by atoms with E-state index in [2.05, 4.69) is 52.8 Å². The van der Waals surface area contributed by atoms with E-state index in [4.69, 9.17) is 4.74 Å². The lowest BCUT2D eigenvalue weighted by Crippen LogP contribution is -2.24. The number of amides is 1. The van der Waals surface area contributed by atoms with Gasteiger partial charge in [-0.05, 0) is 43.2 Å². The number of hydrogen-bond donors (Lipinski definition) is 1. The quantitative estimate of drug-likeness (QED) is 0.447. The zero-order valence-electron chi connectivity index (χ0n) is 17.0. The summed E-state index contributed by atoms with van der Waals surface area (Å²) in [6.07, 6.45) is 5.25. The van der Waals surface area contributed by atoms with Gasteiger partial charge in [0.1, 0.15) is 5.75 Å². The number of rotatable bonds is 10. The molecule has 0 saturated heterocycles. The molecule has 0 atom stereocenters. The van der Waals surface area contributed by atoms with Crippen molar-refractivity contribution >= 4 is 17.4 Å². The molecule has 29 heavy (non-hydrogen) atoms. The van der Waals surface area contributed by atoms with Crippen molar-refractivity contribution in [3.63, 3.8) is 0 Å². The highest BCUT2D eigenvalue weighted by Crippen LogP contribution is 2.24. The Labute approximate surface area is 176 Å². The monoisotopic (exact) mass is 409 g/mol. The second kappa shape index (κ2) is 10.7. The summed E-state index contributed by atoms with van der Waals surface area (Å²) in [5.41, 5.74) is 3.04. The van der Waals surface area contributed by atoms with Crippen molar-refractivity contribution in [2.24, 2.45) is 0 Å². The number of carbonyl (C=O) groups excluding carboxylic acids is 1. The predicted molar refractivity (Wildman–Crippen MR) is 117 cm³/mol. The molecule has 0 aliphatic carbocycles. The van der Waals surface area contributed by atoms with Gasteiger partial charge in [0.25, 0.3) is 11.1 Å². The van der Waals surface area contributed by atoms with Gasteiger partial charge in [0.15, 0.2) is 5.82 Å². The van der Waals surface area contributed by atoms with Crippen LogP contribution in [0.4, 0.5) is 0 Å². The predicted octanol–water partition coefficient (Wildman–Crippen LogP) is 5.54. The van der Waals surface area contributed by atoms with Gasteiger partial charge in [-0.15, -0.1) is 0 Å². The van der Waals surface area contributed by atoms with Crippen LogP contribution in [0.25, 0.3) is 0 Å². The number of nitrogens with one attached hydrogen (secondary N) is 1. The van der Waals surface area contributed by atoms with Crippen LogP contribution in [0.1, 0.15) is 59.9 Å². The van der Waals surface area contributed by atoms with Gasteiger partial charge < -0.3 is 10.1 Å². The molecule has 3 rings (SSSR count). The minimum atomic E-state index is -0.0515. The number of aryl methyl sites for hydroxylation is 1. The Bertz CT molecular complexity index is 905. The summed E-state index contributed by atoms with van der Waals surface area (Å²) in [6, 6.07) is 15.5. The number of benzene rings is 2. The molecule has 0 unspecified atom stereocenters. The molecule has 0 saturated carbocycles. The molecule has 1 aromatic heterocycles. The first-order valence-electron chi connectivity index (χ1n) is 10.1. The van der Waals surface area contributed by atoms with Crippen LogP contribution in [-0.4, -0.2) is 21.8 Å². The molecule has 152 valence electrons. The first-order chi connectivity index (χ1) is 14.1. The molecule has 0 spiro atoms. The number of carbonyl (C=O) groups is 1.